The Morgan fingerprint density at radius 2 is 1.04 bits per heavy atom. The Morgan fingerprint density at radius 1 is 0.680 bits per heavy atom. The van der Waals surface area contributed by atoms with Crippen LogP contribution in [0.1, 0.15) is 101 Å². The molecule has 0 saturated heterocycles. The SMILES string of the molecule is CC1CCC(C(C)C)C([Si](C2CC(C)CCC2C(C)C)C(C)(C)C)C1. The van der Waals surface area contributed by atoms with E-state index in [-0.39, 0.29) is 0 Å². The van der Waals surface area contributed by atoms with E-state index in [1.165, 1.54) is 38.5 Å². The summed E-state index contributed by atoms with van der Waals surface area (Å²) in [4.78, 5) is 0. The zero-order chi connectivity index (χ0) is 18.9. The number of hydrogen-bond acceptors (Lipinski definition) is 0. The van der Waals surface area contributed by atoms with Crippen molar-refractivity contribution in [3.63, 3.8) is 0 Å². The molecule has 0 amide bonds. The van der Waals surface area contributed by atoms with Crippen molar-refractivity contribution in [2.45, 2.75) is 117 Å². The summed E-state index contributed by atoms with van der Waals surface area (Å²) in [5, 5.41) is 0.536. The van der Waals surface area contributed by atoms with Crippen LogP contribution in [0.4, 0.5) is 0 Å². The smallest absolute Gasteiger partial charge is 0.0609 e. The normalized spacial score (nSPS) is 37.9. The van der Waals surface area contributed by atoms with Gasteiger partial charge in [-0.3, -0.25) is 0 Å². The summed E-state index contributed by atoms with van der Waals surface area (Å²) in [6, 6.07) is 0. The molecule has 0 bridgehead atoms. The minimum Gasteiger partial charge on any atom is -0.0627 e. The summed E-state index contributed by atoms with van der Waals surface area (Å²) in [7, 11) is -0.412. The molecule has 0 nitrogen and oxygen atoms in total. The topological polar surface area (TPSA) is 0 Å². The third kappa shape index (κ3) is 5.14. The van der Waals surface area contributed by atoms with E-state index >= 15 is 0 Å². The van der Waals surface area contributed by atoms with Gasteiger partial charge in [0.05, 0.1) is 8.80 Å². The second-order valence-electron chi connectivity index (χ2n) is 11.6. The molecule has 0 aromatic carbocycles. The zero-order valence-corrected chi connectivity index (χ0v) is 19.9. The zero-order valence-electron chi connectivity index (χ0n) is 18.9. The molecule has 0 heterocycles. The molecule has 0 aromatic rings. The standard InChI is InChI=1S/C24H47Si/c1-16(2)20-12-10-18(5)14-22(20)25(24(7,8)9)23-15-19(6)11-13-21(23)17(3)4/h16-23H,10-15H2,1-9H3. The van der Waals surface area contributed by atoms with Crippen LogP contribution in [0.3, 0.4) is 0 Å². The van der Waals surface area contributed by atoms with Crippen molar-refractivity contribution in [2.24, 2.45) is 35.5 Å². The third-order valence-corrected chi connectivity index (χ3v) is 12.4. The highest BCUT2D eigenvalue weighted by Gasteiger charge is 2.49. The van der Waals surface area contributed by atoms with Crippen LogP contribution in [-0.2, 0) is 0 Å². The molecule has 1 radical (unpaired) electrons. The summed E-state index contributed by atoms with van der Waals surface area (Å²) >= 11 is 0. The van der Waals surface area contributed by atoms with Gasteiger partial charge in [-0.05, 0) is 64.5 Å². The lowest BCUT2D eigenvalue weighted by molar-refractivity contribution is 0.203. The predicted octanol–water partition coefficient (Wildman–Crippen LogP) is 8.21. The highest BCUT2D eigenvalue weighted by atomic mass is 28.3. The van der Waals surface area contributed by atoms with Gasteiger partial charge in [-0.15, -0.1) is 0 Å². The van der Waals surface area contributed by atoms with Crippen molar-refractivity contribution in [2.75, 3.05) is 0 Å². The molecule has 25 heavy (non-hydrogen) atoms. The molecule has 2 saturated carbocycles. The first-order valence-corrected chi connectivity index (χ1v) is 13.0. The average Bonchev–Trinajstić information content (AvgIpc) is 2.45. The van der Waals surface area contributed by atoms with Gasteiger partial charge in [0.15, 0.2) is 0 Å². The lowest BCUT2D eigenvalue weighted by atomic mass is 9.76. The lowest BCUT2D eigenvalue weighted by Crippen LogP contribution is -2.47. The van der Waals surface area contributed by atoms with Gasteiger partial charge in [0.2, 0.25) is 0 Å². The molecule has 6 atom stereocenters. The minimum absolute atomic E-state index is 0.412. The molecule has 2 aliphatic carbocycles. The largest absolute Gasteiger partial charge is 0.0627 e. The van der Waals surface area contributed by atoms with Gasteiger partial charge in [0, 0.05) is 0 Å². The van der Waals surface area contributed by atoms with Crippen LogP contribution in [0.15, 0.2) is 0 Å². The van der Waals surface area contributed by atoms with E-state index in [0.717, 1.165) is 46.6 Å². The fourth-order valence-electron chi connectivity index (χ4n) is 6.51. The maximum Gasteiger partial charge on any atom is 0.0609 e. The van der Waals surface area contributed by atoms with E-state index in [2.05, 4.69) is 62.3 Å². The fraction of sp³-hybridized carbons (Fsp3) is 1.00. The van der Waals surface area contributed by atoms with Crippen LogP contribution >= 0.6 is 0 Å². The predicted molar refractivity (Wildman–Crippen MR) is 116 cm³/mol. The average molecular weight is 364 g/mol. The van der Waals surface area contributed by atoms with E-state index in [0.29, 0.717) is 5.04 Å². The highest BCUT2D eigenvalue weighted by molar-refractivity contribution is 6.65. The van der Waals surface area contributed by atoms with Crippen LogP contribution in [-0.4, -0.2) is 8.80 Å². The van der Waals surface area contributed by atoms with Crippen LogP contribution in [0.5, 0.6) is 0 Å². The van der Waals surface area contributed by atoms with E-state index in [4.69, 9.17) is 0 Å². The first-order valence-electron chi connectivity index (χ1n) is 11.4. The Kier molecular flexibility index (Phi) is 7.30. The van der Waals surface area contributed by atoms with Gasteiger partial charge in [0.1, 0.15) is 0 Å². The van der Waals surface area contributed by atoms with Crippen LogP contribution in [0.25, 0.3) is 0 Å². The maximum absolute atomic E-state index is 2.61. The molecule has 2 rings (SSSR count). The summed E-state index contributed by atoms with van der Waals surface area (Å²) < 4.78 is 0. The molecule has 147 valence electrons. The number of hydrogen-bond donors (Lipinski definition) is 0. The third-order valence-electron chi connectivity index (χ3n) is 7.71. The lowest BCUT2D eigenvalue weighted by Gasteiger charge is -2.52. The molecule has 0 aliphatic heterocycles. The van der Waals surface area contributed by atoms with Gasteiger partial charge >= 0.3 is 0 Å². The molecule has 6 unspecified atom stereocenters. The minimum atomic E-state index is -0.412. The highest BCUT2D eigenvalue weighted by Crippen LogP contribution is 2.57. The maximum atomic E-state index is 2.61. The van der Waals surface area contributed by atoms with Crippen molar-refractivity contribution in [3.8, 4) is 0 Å². The molecule has 0 N–H and O–H groups in total. The van der Waals surface area contributed by atoms with E-state index < -0.39 is 8.80 Å². The molecule has 2 fully saturated rings. The van der Waals surface area contributed by atoms with Crippen molar-refractivity contribution < 1.29 is 0 Å². The summed E-state index contributed by atoms with van der Waals surface area (Å²) in [6.45, 7) is 22.9. The molecule has 1 heteroatoms. The summed E-state index contributed by atoms with van der Waals surface area (Å²) in [5.74, 6) is 5.65. The van der Waals surface area contributed by atoms with E-state index in [1.54, 1.807) is 0 Å². The Balaban J connectivity index is 2.39. The molecule has 0 aromatic heterocycles. The van der Waals surface area contributed by atoms with Crippen LogP contribution < -0.4 is 0 Å². The van der Waals surface area contributed by atoms with Gasteiger partial charge in [-0.2, -0.15) is 0 Å². The van der Waals surface area contributed by atoms with Crippen molar-refractivity contribution in [1.82, 2.24) is 0 Å². The van der Waals surface area contributed by atoms with E-state index in [9.17, 15) is 0 Å². The van der Waals surface area contributed by atoms with Crippen molar-refractivity contribution >= 4 is 8.80 Å². The fourth-order valence-corrected chi connectivity index (χ4v) is 12.6. The second kappa shape index (κ2) is 8.49. The summed E-state index contributed by atoms with van der Waals surface area (Å²) in [6.07, 6.45) is 9.03. The van der Waals surface area contributed by atoms with E-state index in [1.807, 2.05) is 0 Å². The molecular formula is C24H47Si. The van der Waals surface area contributed by atoms with Gasteiger partial charge in [0.25, 0.3) is 0 Å². The first kappa shape index (κ1) is 21.5. The molecule has 2 aliphatic rings. The Hall–Kier alpha value is 0.217. The monoisotopic (exact) mass is 363 g/mol. The Bertz CT molecular complexity index is 373. The first-order chi connectivity index (χ1) is 11.5. The van der Waals surface area contributed by atoms with Crippen molar-refractivity contribution in [1.29, 1.82) is 0 Å². The van der Waals surface area contributed by atoms with Crippen LogP contribution in [0.2, 0.25) is 16.1 Å². The van der Waals surface area contributed by atoms with Gasteiger partial charge < -0.3 is 0 Å². The van der Waals surface area contributed by atoms with Gasteiger partial charge in [-0.1, -0.05) is 88.0 Å². The second-order valence-corrected chi connectivity index (χ2v) is 15.5. The van der Waals surface area contributed by atoms with Gasteiger partial charge in [-0.25, -0.2) is 0 Å². The molecule has 0 spiro atoms. The van der Waals surface area contributed by atoms with Crippen molar-refractivity contribution in [3.05, 3.63) is 0 Å². The molecular weight excluding hydrogens is 316 g/mol. The van der Waals surface area contributed by atoms with Crippen LogP contribution in [0, 0.1) is 35.5 Å². The quantitative estimate of drug-likeness (QED) is 0.441. The Morgan fingerprint density at radius 3 is 1.32 bits per heavy atom. The Labute approximate surface area is 161 Å². The summed E-state index contributed by atoms with van der Waals surface area (Å²) in [5.41, 5.74) is 2.09. The number of rotatable bonds is 4.